The van der Waals surface area contributed by atoms with Gasteiger partial charge in [0.25, 0.3) is 5.91 Å². The van der Waals surface area contributed by atoms with E-state index in [0.717, 1.165) is 30.1 Å². The van der Waals surface area contributed by atoms with Crippen LogP contribution >= 0.6 is 0 Å². The van der Waals surface area contributed by atoms with Crippen molar-refractivity contribution in [1.29, 1.82) is 0 Å². The molecule has 1 heterocycles. The highest BCUT2D eigenvalue weighted by Crippen LogP contribution is 2.27. The van der Waals surface area contributed by atoms with Gasteiger partial charge in [0.05, 0.1) is 0 Å². The average molecular weight is 367 g/mol. The van der Waals surface area contributed by atoms with Crippen LogP contribution in [0.25, 0.3) is 0 Å². The molecule has 3 rings (SSSR count). The molecule has 0 aliphatic carbocycles. The lowest BCUT2D eigenvalue weighted by Gasteiger charge is -2.28. The number of piperidine rings is 1. The maximum Gasteiger partial charge on any atom is 0.265 e. The molecule has 1 saturated heterocycles. The Morgan fingerprint density at radius 2 is 1.63 bits per heavy atom. The molecule has 1 N–H and O–H groups in total. The summed E-state index contributed by atoms with van der Waals surface area (Å²) in [5.74, 6) is 0.980. The Balaban J connectivity index is 1.59. The quantitative estimate of drug-likeness (QED) is 0.763. The smallest absolute Gasteiger partial charge is 0.265 e. The second-order valence-corrected chi connectivity index (χ2v) is 7.54. The minimum absolute atomic E-state index is 0.140. The second kappa shape index (κ2) is 8.94. The van der Waals surface area contributed by atoms with Gasteiger partial charge in [0.15, 0.2) is 6.10 Å². The molecule has 1 aliphatic rings. The lowest BCUT2D eigenvalue weighted by atomic mass is 10.0. The zero-order valence-corrected chi connectivity index (χ0v) is 16.6. The highest BCUT2D eigenvalue weighted by Gasteiger charge is 2.18. The van der Waals surface area contributed by atoms with E-state index in [9.17, 15) is 4.79 Å². The van der Waals surface area contributed by atoms with Crippen molar-refractivity contribution >= 4 is 17.3 Å². The van der Waals surface area contributed by atoms with Gasteiger partial charge in [-0.05, 0) is 68.0 Å². The number of carbonyl (C=O) groups excluding carboxylic acids is 1. The Kier molecular flexibility index (Phi) is 6.38. The molecular weight excluding hydrogens is 336 g/mol. The molecule has 1 atom stereocenters. The van der Waals surface area contributed by atoms with Crippen LogP contribution < -0.4 is 15.0 Å². The Labute approximate surface area is 162 Å². The van der Waals surface area contributed by atoms with E-state index in [0.29, 0.717) is 5.92 Å². The summed E-state index contributed by atoms with van der Waals surface area (Å²) in [6, 6.07) is 16.0. The van der Waals surface area contributed by atoms with E-state index in [1.165, 1.54) is 24.9 Å². The highest BCUT2D eigenvalue weighted by molar-refractivity contribution is 5.94. The van der Waals surface area contributed by atoms with Crippen molar-refractivity contribution < 1.29 is 9.53 Å². The number of ether oxygens (including phenoxy) is 1. The first-order chi connectivity index (χ1) is 13.0. The van der Waals surface area contributed by atoms with E-state index >= 15 is 0 Å². The third-order valence-corrected chi connectivity index (χ3v) is 5.07. The van der Waals surface area contributed by atoms with Crippen molar-refractivity contribution in [2.24, 2.45) is 0 Å². The van der Waals surface area contributed by atoms with Gasteiger partial charge >= 0.3 is 0 Å². The molecule has 0 unspecified atom stereocenters. The molecule has 1 fully saturated rings. The molecule has 0 saturated carbocycles. The number of anilines is 2. The van der Waals surface area contributed by atoms with Crippen molar-refractivity contribution in [3.8, 4) is 5.75 Å². The topological polar surface area (TPSA) is 41.6 Å². The van der Waals surface area contributed by atoms with Crippen molar-refractivity contribution in [3.63, 3.8) is 0 Å². The Morgan fingerprint density at radius 3 is 2.30 bits per heavy atom. The number of rotatable bonds is 6. The predicted molar refractivity (Wildman–Crippen MR) is 112 cm³/mol. The standard InChI is InChI=1S/C23H30N2O2/c1-17(2)21-9-5-6-10-22(21)27-18(3)23(26)24-19-11-13-20(14-12-19)25-15-7-4-8-16-25/h5-6,9-14,17-18H,4,7-8,15-16H2,1-3H3,(H,24,26)/t18-/m0/s1. The molecule has 0 bridgehead atoms. The van der Waals surface area contributed by atoms with Gasteiger partial charge < -0.3 is 15.0 Å². The van der Waals surface area contributed by atoms with Crippen LogP contribution in [0.15, 0.2) is 48.5 Å². The van der Waals surface area contributed by atoms with Crippen LogP contribution in [0, 0.1) is 0 Å². The third-order valence-electron chi connectivity index (χ3n) is 5.07. The molecule has 2 aromatic carbocycles. The largest absolute Gasteiger partial charge is 0.481 e. The van der Waals surface area contributed by atoms with Crippen LogP contribution in [0.4, 0.5) is 11.4 Å². The van der Waals surface area contributed by atoms with Crippen molar-refractivity contribution in [2.75, 3.05) is 23.3 Å². The summed E-state index contributed by atoms with van der Waals surface area (Å²) in [7, 11) is 0. The minimum atomic E-state index is -0.563. The summed E-state index contributed by atoms with van der Waals surface area (Å²) < 4.78 is 5.94. The molecule has 0 radical (unpaired) electrons. The van der Waals surface area contributed by atoms with E-state index in [1.807, 2.05) is 36.4 Å². The number of para-hydroxylation sites is 1. The normalized spacial score (nSPS) is 15.5. The maximum absolute atomic E-state index is 12.5. The van der Waals surface area contributed by atoms with E-state index < -0.39 is 6.10 Å². The summed E-state index contributed by atoms with van der Waals surface area (Å²) in [6.07, 6.45) is 3.27. The fourth-order valence-electron chi connectivity index (χ4n) is 3.46. The lowest BCUT2D eigenvalue weighted by Crippen LogP contribution is -2.31. The van der Waals surface area contributed by atoms with E-state index in [-0.39, 0.29) is 5.91 Å². The molecule has 1 aliphatic heterocycles. The number of benzene rings is 2. The molecule has 0 spiro atoms. The van der Waals surface area contributed by atoms with Crippen LogP contribution in [0.3, 0.4) is 0 Å². The summed E-state index contributed by atoms with van der Waals surface area (Å²) in [5.41, 5.74) is 3.14. The Morgan fingerprint density at radius 1 is 0.963 bits per heavy atom. The van der Waals surface area contributed by atoms with Gasteiger partial charge in [-0.25, -0.2) is 0 Å². The Hall–Kier alpha value is -2.49. The fourth-order valence-corrected chi connectivity index (χ4v) is 3.46. The van der Waals surface area contributed by atoms with E-state index in [1.54, 1.807) is 6.92 Å². The van der Waals surface area contributed by atoms with Gasteiger partial charge in [-0.3, -0.25) is 4.79 Å². The summed E-state index contributed by atoms with van der Waals surface area (Å²) in [6.45, 7) is 8.26. The van der Waals surface area contributed by atoms with E-state index in [2.05, 4.69) is 36.2 Å². The number of hydrogen-bond acceptors (Lipinski definition) is 3. The van der Waals surface area contributed by atoms with Crippen LogP contribution in [0.1, 0.15) is 51.5 Å². The monoisotopic (exact) mass is 366 g/mol. The number of nitrogens with zero attached hydrogens (tertiary/aromatic N) is 1. The van der Waals surface area contributed by atoms with Gasteiger partial charge in [0.1, 0.15) is 5.75 Å². The molecule has 1 amide bonds. The number of carbonyl (C=O) groups is 1. The van der Waals surface area contributed by atoms with Crippen LogP contribution in [0.2, 0.25) is 0 Å². The lowest BCUT2D eigenvalue weighted by molar-refractivity contribution is -0.122. The van der Waals surface area contributed by atoms with Crippen molar-refractivity contribution in [2.45, 2.75) is 52.1 Å². The summed E-state index contributed by atoms with van der Waals surface area (Å²) >= 11 is 0. The van der Waals surface area contributed by atoms with E-state index in [4.69, 9.17) is 4.74 Å². The van der Waals surface area contributed by atoms with Crippen LogP contribution in [-0.2, 0) is 4.79 Å². The maximum atomic E-state index is 12.5. The van der Waals surface area contributed by atoms with Crippen molar-refractivity contribution in [3.05, 3.63) is 54.1 Å². The fraction of sp³-hybridized carbons (Fsp3) is 0.435. The molecule has 144 valence electrons. The first kappa shape index (κ1) is 19.3. The van der Waals surface area contributed by atoms with Gasteiger partial charge in [0, 0.05) is 24.5 Å². The molecule has 4 nitrogen and oxygen atoms in total. The third kappa shape index (κ3) is 5.03. The molecule has 27 heavy (non-hydrogen) atoms. The Bertz CT molecular complexity index is 749. The zero-order valence-electron chi connectivity index (χ0n) is 16.6. The summed E-state index contributed by atoms with van der Waals surface area (Å²) in [4.78, 5) is 14.9. The molecule has 2 aromatic rings. The molecular formula is C23H30N2O2. The predicted octanol–water partition coefficient (Wildman–Crippen LogP) is 5.21. The van der Waals surface area contributed by atoms with Crippen LogP contribution in [0.5, 0.6) is 5.75 Å². The average Bonchev–Trinajstić information content (AvgIpc) is 2.69. The number of amides is 1. The summed E-state index contributed by atoms with van der Waals surface area (Å²) in [5, 5.41) is 2.96. The minimum Gasteiger partial charge on any atom is -0.481 e. The molecule has 0 aromatic heterocycles. The van der Waals surface area contributed by atoms with Crippen molar-refractivity contribution in [1.82, 2.24) is 0 Å². The highest BCUT2D eigenvalue weighted by atomic mass is 16.5. The number of hydrogen-bond donors (Lipinski definition) is 1. The van der Waals surface area contributed by atoms with Gasteiger partial charge in [-0.2, -0.15) is 0 Å². The molecule has 4 heteroatoms. The first-order valence-electron chi connectivity index (χ1n) is 9.96. The number of nitrogens with one attached hydrogen (secondary N) is 1. The zero-order chi connectivity index (χ0) is 19.2. The van der Waals surface area contributed by atoms with Gasteiger partial charge in [-0.15, -0.1) is 0 Å². The second-order valence-electron chi connectivity index (χ2n) is 7.54. The van der Waals surface area contributed by atoms with Gasteiger partial charge in [0.2, 0.25) is 0 Å². The first-order valence-corrected chi connectivity index (χ1v) is 9.96. The van der Waals surface area contributed by atoms with Gasteiger partial charge in [-0.1, -0.05) is 32.0 Å². The van der Waals surface area contributed by atoms with Crippen LogP contribution in [-0.4, -0.2) is 25.1 Å². The SMILES string of the molecule is CC(C)c1ccccc1O[C@@H](C)C(=O)Nc1ccc(N2CCCCC2)cc1.